The zero-order valence-corrected chi connectivity index (χ0v) is 11.6. The molecule has 0 aliphatic carbocycles. The Labute approximate surface area is 117 Å². The first-order valence-electron chi connectivity index (χ1n) is 5.88. The summed E-state index contributed by atoms with van der Waals surface area (Å²) in [7, 11) is 1.61. The molecule has 0 saturated carbocycles. The van der Waals surface area contributed by atoms with Crippen LogP contribution in [0.5, 0.6) is 5.75 Å². The van der Waals surface area contributed by atoms with Crippen LogP contribution in [0.4, 0.5) is 0 Å². The van der Waals surface area contributed by atoms with E-state index in [9.17, 15) is 0 Å². The number of nitrogens with one attached hydrogen (secondary N) is 1. The molecule has 1 atom stereocenters. The molecule has 0 spiro atoms. The number of hydrogen-bond donors (Lipinski definition) is 2. The summed E-state index contributed by atoms with van der Waals surface area (Å²) < 4.78 is 5.35. The van der Waals surface area contributed by atoms with Crippen molar-refractivity contribution in [3.63, 3.8) is 0 Å². The minimum absolute atomic E-state index is 0.194. The number of ether oxygens (including phenoxy) is 1. The fourth-order valence-electron chi connectivity index (χ4n) is 1.94. The van der Waals surface area contributed by atoms with Gasteiger partial charge in [0.2, 0.25) is 0 Å². The lowest BCUT2D eigenvalue weighted by molar-refractivity contribution is 0.404. The van der Waals surface area contributed by atoms with Gasteiger partial charge in [-0.2, -0.15) is 0 Å². The van der Waals surface area contributed by atoms with E-state index in [1.807, 2.05) is 31.2 Å². The van der Waals surface area contributed by atoms with Gasteiger partial charge in [-0.15, -0.1) is 0 Å². The first kappa shape index (κ1) is 13.8. The zero-order valence-electron chi connectivity index (χ0n) is 10.9. The topological polar surface area (TPSA) is 60.2 Å². The Hall–Kier alpha value is -1.62. The number of halogens is 1. The highest BCUT2D eigenvalue weighted by atomic mass is 35.5. The van der Waals surface area contributed by atoms with Gasteiger partial charge in [-0.1, -0.05) is 23.7 Å². The van der Waals surface area contributed by atoms with Gasteiger partial charge in [0.1, 0.15) is 5.75 Å². The number of methoxy groups -OCH3 is 1. The molecule has 1 aromatic heterocycles. The molecule has 19 heavy (non-hydrogen) atoms. The smallest absolute Gasteiger partial charge is 0.125 e. The summed E-state index contributed by atoms with van der Waals surface area (Å²) in [5.74, 6) is 6.36. The van der Waals surface area contributed by atoms with Crippen molar-refractivity contribution in [2.24, 2.45) is 5.84 Å². The second-order valence-electron chi connectivity index (χ2n) is 4.22. The molecule has 1 aromatic carbocycles. The first-order chi connectivity index (χ1) is 9.15. The van der Waals surface area contributed by atoms with Crippen LogP contribution in [0.1, 0.15) is 22.9 Å². The second kappa shape index (κ2) is 6.02. The van der Waals surface area contributed by atoms with Crippen LogP contribution in [0.2, 0.25) is 5.02 Å². The van der Waals surface area contributed by atoms with Gasteiger partial charge in [-0.05, 0) is 30.7 Å². The lowest BCUT2D eigenvalue weighted by atomic mass is 9.99. The molecule has 0 aliphatic rings. The maximum atomic E-state index is 5.97. The van der Waals surface area contributed by atoms with E-state index in [-0.39, 0.29) is 6.04 Å². The van der Waals surface area contributed by atoms with Gasteiger partial charge in [0, 0.05) is 22.5 Å². The van der Waals surface area contributed by atoms with Crippen molar-refractivity contribution in [2.75, 3.05) is 7.11 Å². The zero-order chi connectivity index (χ0) is 13.8. The molecule has 0 amide bonds. The number of benzene rings is 1. The maximum Gasteiger partial charge on any atom is 0.125 e. The fraction of sp³-hybridized carbons (Fsp3) is 0.214. The molecular formula is C14H16ClN3O. The average Bonchev–Trinajstić information content (AvgIpc) is 2.43. The van der Waals surface area contributed by atoms with Crippen molar-refractivity contribution in [3.8, 4) is 5.75 Å². The van der Waals surface area contributed by atoms with Gasteiger partial charge in [0.15, 0.2) is 0 Å². The van der Waals surface area contributed by atoms with Crippen LogP contribution in [0.25, 0.3) is 0 Å². The number of nitrogens with zero attached hydrogens (tertiary/aromatic N) is 1. The van der Waals surface area contributed by atoms with Crippen LogP contribution in [-0.2, 0) is 0 Å². The van der Waals surface area contributed by atoms with E-state index < -0.39 is 0 Å². The van der Waals surface area contributed by atoms with Gasteiger partial charge < -0.3 is 4.74 Å². The number of aromatic nitrogens is 1. The Balaban J connectivity index is 2.44. The highest BCUT2D eigenvalue weighted by Crippen LogP contribution is 2.31. The van der Waals surface area contributed by atoms with Crippen LogP contribution < -0.4 is 16.0 Å². The SMILES string of the molecule is COc1cc(Cl)ccc1C(NN)c1ccc(C)nc1. The standard InChI is InChI=1S/C14H16ClN3O/c1-9-3-4-10(8-17-9)14(18-16)12-6-5-11(15)7-13(12)19-2/h3-8,14,18H,16H2,1-2H3. The highest BCUT2D eigenvalue weighted by Gasteiger charge is 2.17. The van der Waals surface area contributed by atoms with Crippen LogP contribution in [0.3, 0.4) is 0 Å². The molecule has 100 valence electrons. The molecule has 0 fully saturated rings. The van der Waals surface area contributed by atoms with Gasteiger partial charge in [-0.25, -0.2) is 5.43 Å². The van der Waals surface area contributed by atoms with E-state index in [1.165, 1.54) is 0 Å². The predicted molar refractivity (Wildman–Crippen MR) is 76.1 cm³/mol. The summed E-state index contributed by atoms with van der Waals surface area (Å²) in [6, 6.07) is 9.21. The molecular weight excluding hydrogens is 262 g/mol. The number of hydrazine groups is 1. The number of pyridine rings is 1. The molecule has 0 saturated heterocycles. The second-order valence-corrected chi connectivity index (χ2v) is 4.66. The molecule has 3 N–H and O–H groups in total. The number of hydrogen-bond acceptors (Lipinski definition) is 4. The quantitative estimate of drug-likeness (QED) is 0.666. The number of nitrogens with two attached hydrogens (primary N) is 1. The van der Waals surface area contributed by atoms with Crippen molar-refractivity contribution < 1.29 is 4.74 Å². The normalized spacial score (nSPS) is 12.2. The number of rotatable bonds is 4. The van der Waals surface area contributed by atoms with E-state index in [0.29, 0.717) is 10.8 Å². The summed E-state index contributed by atoms with van der Waals surface area (Å²) in [5, 5.41) is 0.624. The van der Waals surface area contributed by atoms with Gasteiger partial charge in [0.25, 0.3) is 0 Å². The van der Waals surface area contributed by atoms with Crippen LogP contribution >= 0.6 is 11.6 Å². The molecule has 1 heterocycles. The average molecular weight is 278 g/mol. The van der Waals surface area contributed by atoms with Crippen molar-refractivity contribution in [3.05, 3.63) is 58.4 Å². The number of aryl methyl sites for hydroxylation is 1. The van der Waals surface area contributed by atoms with E-state index >= 15 is 0 Å². The lowest BCUT2D eigenvalue weighted by Gasteiger charge is -2.19. The first-order valence-corrected chi connectivity index (χ1v) is 6.25. The molecule has 1 unspecified atom stereocenters. The molecule has 0 bridgehead atoms. The van der Waals surface area contributed by atoms with Crippen molar-refractivity contribution in [2.45, 2.75) is 13.0 Å². The minimum Gasteiger partial charge on any atom is -0.496 e. The third kappa shape index (κ3) is 3.04. The van der Waals surface area contributed by atoms with Crippen molar-refractivity contribution >= 4 is 11.6 Å². The molecule has 5 heteroatoms. The monoisotopic (exact) mass is 277 g/mol. The molecule has 0 radical (unpaired) electrons. The van der Waals surface area contributed by atoms with Gasteiger partial charge in [0.05, 0.1) is 13.2 Å². The largest absolute Gasteiger partial charge is 0.496 e. The third-order valence-corrected chi connectivity index (χ3v) is 3.18. The highest BCUT2D eigenvalue weighted by molar-refractivity contribution is 6.30. The fourth-order valence-corrected chi connectivity index (χ4v) is 2.10. The van der Waals surface area contributed by atoms with E-state index in [4.69, 9.17) is 22.2 Å². The summed E-state index contributed by atoms with van der Waals surface area (Å²) >= 11 is 5.97. The van der Waals surface area contributed by atoms with Crippen molar-refractivity contribution in [1.29, 1.82) is 0 Å². The summed E-state index contributed by atoms with van der Waals surface area (Å²) in [6.45, 7) is 1.94. The van der Waals surface area contributed by atoms with Crippen molar-refractivity contribution in [1.82, 2.24) is 10.4 Å². The minimum atomic E-state index is -0.194. The molecule has 4 nitrogen and oxygen atoms in total. The lowest BCUT2D eigenvalue weighted by Crippen LogP contribution is -2.29. The Bertz CT molecular complexity index is 557. The van der Waals surface area contributed by atoms with E-state index in [2.05, 4.69) is 10.4 Å². The van der Waals surface area contributed by atoms with Gasteiger partial charge >= 0.3 is 0 Å². The van der Waals surface area contributed by atoms with Gasteiger partial charge in [-0.3, -0.25) is 10.8 Å². The molecule has 2 aromatic rings. The molecule has 0 aliphatic heterocycles. The Morgan fingerprint density at radius 3 is 2.68 bits per heavy atom. The Morgan fingerprint density at radius 1 is 1.32 bits per heavy atom. The third-order valence-electron chi connectivity index (χ3n) is 2.94. The van der Waals surface area contributed by atoms with E-state index in [1.54, 1.807) is 19.4 Å². The Morgan fingerprint density at radius 2 is 2.11 bits per heavy atom. The van der Waals surface area contributed by atoms with Crippen LogP contribution in [0.15, 0.2) is 36.5 Å². The van der Waals surface area contributed by atoms with Crippen LogP contribution in [-0.4, -0.2) is 12.1 Å². The summed E-state index contributed by atoms with van der Waals surface area (Å²) in [5.41, 5.74) is 5.63. The van der Waals surface area contributed by atoms with E-state index in [0.717, 1.165) is 16.8 Å². The van der Waals surface area contributed by atoms with Crippen LogP contribution in [0, 0.1) is 6.92 Å². The summed E-state index contributed by atoms with van der Waals surface area (Å²) in [4.78, 5) is 4.28. The predicted octanol–water partition coefficient (Wildman–Crippen LogP) is 2.60. The molecule has 2 rings (SSSR count). The maximum absolute atomic E-state index is 5.97. The summed E-state index contributed by atoms with van der Waals surface area (Å²) in [6.07, 6.45) is 1.80. The Kier molecular flexibility index (Phi) is 4.37.